The fraction of sp³-hybridized carbons (Fsp3) is 0.158. The zero-order valence-electron chi connectivity index (χ0n) is 11.2. The molecular formula is C19H24. The summed E-state index contributed by atoms with van der Waals surface area (Å²) in [5.74, 6) is 0. The van der Waals surface area contributed by atoms with Crippen molar-refractivity contribution in [3.63, 3.8) is 0 Å². The first-order chi connectivity index (χ1) is 8.72. The molecule has 0 N–H and O–H groups in total. The summed E-state index contributed by atoms with van der Waals surface area (Å²) in [4.78, 5) is 0. The molecule has 0 spiro atoms. The topological polar surface area (TPSA) is 0 Å². The van der Waals surface area contributed by atoms with Crippen LogP contribution in [0.15, 0.2) is 55.6 Å². The van der Waals surface area contributed by atoms with Crippen LogP contribution in [0.1, 0.15) is 19.9 Å². The van der Waals surface area contributed by atoms with E-state index in [0.29, 0.717) is 0 Å². The second-order valence-electron chi connectivity index (χ2n) is 4.03. The van der Waals surface area contributed by atoms with E-state index in [1.807, 2.05) is 6.07 Å². The zero-order chi connectivity index (χ0) is 13.5. The highest BCUT2D eigenvalue weighted by atomic mass is 14.0. The average Bonchev–Trinajstić information content (AvgIpc) is 2.41. The van der Waals surface area contributed by atoms with Gasteiger partial charge in [0.15, 0.2) is 0 Å². The van der Waals surface area contributed by atoms with Crippen LogP contribution in [0.3, 0.4) is 0 Å². The molecule has 0 aliphatic carbocycles. The van der Waals surface area contributed by atoms with Crippen LogP contribution >= 0.6 is 0 Å². The van der Waals surface area contributed by atoms with Crippen LogP contribution in [0.4, 0.5) is 0 Å². The first-order valence-corrected chi connectivity index (χ1v) is 6.03. The third-order valence-electron chi connectivity index (χ3n) is 2.85. The lowest BCUT2D eigenvalue weighted by Crippen LogP contribution is -2.24. The molecule has 0 amide bonds. The van der Waals surface area contributed by atoms with Crippen molar-refractivity contribution in [3.8, 4) is 11.1 Å². The van der Waals surface area contributed by atoms with Gasteiger partial charge in [0.05, 0.1) is 0 Å². The molecular weight excluding hydrogens is 228 g/mol. The van der Waals surface area contributed by atoms with E-state index in [1.165, 1.54) is 21.9 Å². The van der Waals surface area contributed by atoms with Crippen molar-refractivity contribution >= 4 is 12.7 Å². The number of rotatable bonds is 1. The van der Waals surface area contributed by atoms with Crippen LogP contribution in [-0.2, 0) is 0 Å². The first kappa shape index (κ1) is 16.9. The van der Waals surface area contributed by atoms with E-state index in [2.05, 4.69) is 76.1 Å². The van der Waals surface area contributed by atoms with Gasteiger partial charge in [-0.3, -0.25) is 0 Å². The van der Waals surface area contributed by atoms with E-state index in [0.717, 1.165) is 5.22 Å². The Hall–Kier alpha value is -2.08. The highest BCUT2D eigenvalue weighted by Gasteiger charge is 1.98. The molecule has 19 heavy (non-hydrogen) atoms. The molecule has 0 heteroatoms. The summed E-state index contributed by atoms with van der Waals surface area (Å²) in [5.41, 5.74) is 3.80. The standard InChI is InChI=1S/C16H16.C2H4.CH4/c1-4-15-13(3)6-5-7-16(15)14-10-8-12(2)9-11-14;1-2;/h4-11H,3H2,1-2H3;1-2H2;1H4/b15-4+;;. The summed E-state index contributed by atoms with van der Waals surface area (Å²) in [7, 11) is 0. The van der Waals surface area contributed by atoms with E-state index in [1.54, 1.807) is 0 Å². The summed E-state index contributed by atoms with van der Waals surface area (Å²) >= 11 is 0. The molecule has 0 nitrogen and oxygen atoms in total. The minimum atomic E-state index is 0. The Kier molecular flexibility index (Phi) is 7.21. The van der Waals surface area contributed by atoms with Gasteiger partial charge in [-0.05, 0) is 35.4 Å². The summed E-state index contributed by atoms with van der Waals surface area (Å²) in [6.45, 7) is 14.2. The van der Waals surface area contributed by atoms with Crippen molar-refractivity contribution in [1.29, 1.82) is 0 Å². The Balaban J connectivity index is 0.00000103. The highest BCUT2D eigenvalue weighted by Crippen LogP contribution is 2.14. The predicted octanol–water partition coefficient (Wildman–Crippen LogP) is 4.31. The maximum atomic E-state index is 4.06. The lowest BCUT2D eigenvalue weighted by atomic mass is 10.0. The van der Waals surface area contributed by atoms with Crippen LogP contribution in [0.25, 0.3) is 23.8 Å². The van der Waals surface area contributed by atoms with Crippen molar-refractivity contribution in [2.75, 3.05) is 0 Å². The predicted molar refractivity (Wildman–Crippen MR) is 89.5 cm³/mol. The Morgan fingerprint density at radius 3 is 2.05 bits per heavy atom. The van der Waals surface area contributed by atoms with Crippen molar-refractivity contribution in [3.05, 3.63) is 71.6 Å². The molecule has 0 atom stereocenters. The minimum Gasteiger partial charge on any atom is -0.106 e. The quantitative estimate of drug-likeness (QED) is 0.663. The van der Waals surface area contributed by atoms with Gasteiger partial charge in [-0.2, -0.15) is 0 Å². The Bertz CT molecular complexity index is 603. The normalized spacial score (nSPS) is 10.1. The monoisotopic (exact) mass is 252 g/mol. The highest BCUT2D eigenvalue weighted by molar-refractivity contribution is 5.65. The third kappa shape index (κ3) is 3.96. The Labute approximate surface area is 117 Å². The number of hydrogen-bond acceptors (Lipinski definition) is 0. The smallest absolute Gasteiger partial charge is 0.0109 e. The summed E-state index contributed by atoms with van der Waals surface area (Å²) < 4.78 is 0. The molecule has 0 aliphatic heterocycles. The lowest BCUT2D eigenvalue weighted by molar-refractivity contribution is 1.45. The molecule has 2 aromatic rings. The molecule has 0 radical (unpaired) electrons. The number of aryl methyl sites for hydroxylation is 1. The van der Waals surface area contributed by atoms with Gasteiger partial charge >= 0.3 is 0 Å². The van der Waals surface area contributed by atoms with Gasteiger partial charge in [-0.15, -0.1) is 13.2 Å². The van der Waals surface area contributed by atoms with Crippen LogP contribution in [0.2, 0.25) is 0 Å². The number of hydrogen-bond donors (Lipinski definition) is 0. The maximum absolute atomic E-state index is 4.06. The summed E-state index contributed by atoms with van der Waals surface area (Å²) in [5, 5.41) is 2.31. The largest absolute Gasteiger partial charge is 0.106 e. The van der Waals surface area contributed by atoms with Gasteiger partial charge in [0.1, 0.15) is 0 Å². The van der Waals surface area contributed by atoms with E-state index in [9.17, 15) is 0 Å². The van der Waals surface area contributed by atoms with Crippen molar-refractivity contribution in [1.82, 2.24) is 0 Å². The van der Waals surface area contributed by atoms with Gasteiger partial charge in [0.2, 0.25) is 0 Å². The minimum absolute atomic E-state index is 0. The van der Waals surface area contributed by atoms with Gasteiger partial charge < -0.3 is 0 Å². The van der Waals surface area contributed by atoms with Crippen molar-refractivity contribution in [2.45, 2.75) is 21.3 Å². The zero-order valence-corrected chi connectivity index (χ0v) is 11.2. The summed E-state index contributed by atoms with van der Waals surface area (Å²) in [6, 6.07) is 14.9. The fourth-order valence-electron chi connectivity index (χ4n) is 1.94. The second kappa shape index (κ2) is 8.10. The van der Waals surface area contributed by atoms with Gasteiger partial charge in [0, 0.05) is 0 Å². The maximum Gasteiger partial charge on any atom is -0.0109 e. The van der Waals surface area contributed by atoms with Crippen molar-refractivity contribution in [2.24, 2.45) is 0 Å². The molecule has 0 saturated carbocycles. The molecule has 0 saturated heterocycles. The van der Waals surface area contributed by atoms with E-state index >= 15 is 0 Å². The molecule has 2 rings (SSSR count). The molecule has 0 unspecified atom stereocenters. The van der Waals surface area contributed by atoms with Crippen LogP contribution in [0.5, 0.6) is 0 Å². The van der Waals surface area contributed by atoms with Gasteiger partial charge in [0.25, 0.3) is 0 Å². The third-order valence-corrected chi connectivity index (χ3v) is 2.85. The molecule has 0 heterocycles. The lowest BCUT2D eigenvalue weighted by Gasteiger charge is -2.04. The Morgan fingerprint density at radius 1 is 0.947 bits per heavy atom. The molecule has 0 aromatic heterocycles. The van der Waals surface area contributed by atoms with Gasteiger partial charge in [-0.25, -0.2) is 0 Å². The SMILES string of the molecule is C.C=C.C=c1cccc(-c2ccc(C)cc2)/c1=C/C. The first-order valence-electron chi connectivity index (χ1n) is 6.03. The fourth-order valence-corrected chi connectivity index (χ4v) is 1.94. The molecule has 100 valence electrons. The van der Waals surface area contributed by atoms with E-state index < -0.39 is 0 Å². The molecule has 0 bridgehead atoms. The second-order valence-corrected chi connectivity index (χ2v) is 4.03. The molecule has 2 aromatic carbocycles. The van der Waals surface area contributed by atoms with Gasteiger partial charge in [-0.1, -0.05) is 68.1 Å². The summed E-state index contributed by atoms with van der Waals surface area (Å²) in [6.07, 6.45) is 2.12. The van der Waals surface area contributed by atoms with Crippen LogP contribution in [0, 0.1) is 6.92 Å². The Morgan fingerprint density at radius 2 is 1.53 bits per heavy atom. The molecule has 0 aliphatic rings. The van der Waals surface area contributed by atoms with E-state index in [4.69, 9.17) is 0 Å². The van der Waals surface area contributed by atoms with Crippen molar-refractivity contribution < 1.29 is 0 Å². The number of benzene rings is 2. The average molecular weight is 252 g/mol. The van der Waals surface area contributed by atoms with Crippen LogP contribution in [-0.4, -0.2) is 0 Å². The van der Waals surface area contributed by atoms with E-state index in [-0.39, 0.29) is 7.43 Å². The van der Waals surface area contributed by atoms with Crippen LogP contribution < -0.4 is 10.4 Å². The molecule has 0 fully saturated rings.